The molecule has 7 nitrogen and oxygen atoms in total. The quantitative estimate of drug-likeness (QED) is 0.607. The van der Waals surface area contributed by atoms with E-state index in [1.165, 1.54) is 14.0 Å². The Morgan fingerprint density at radius 2 is 2.19 bits per heavy atom. The molecule has 1 atom stereocenters. The molecule has 0 fully saturated rings. The Morgan fingerprint density at radius 1 is 1.56 bits per heavy atom. The molecule has 1 aromatic rings. The topological polar surface area (TPSA) is 110 Å². The molecule has 0 aliphatic rings. The van der Waals surface area contributed by atoms with Gasteiger partial charge in [-0.15, -0.1) is 0 Å². The minimum atomic E-state index is -0.742. The lowest BCUT2D eigenvalue weighted by Gasteiger charge is -2.10. The van der Waals surface area contributed by atoms with Crippen molar-refractivity contribution in [2.75, 3.05) is 12.8 Å². The van der Waals surface area contributed by atoms with Gasteiger partial charge in [0.15, 0.2) is 5.69 Å². The van der Waals surface area contributed by atoms with Gasteiger partial charge in [0, 0.05) is 0 Å². The second-order valence-electron chi connectivity index (χ2n) is 3.33. The van der Waals surface area contributed by atoms with Crippen molar-refractivity contribution in [3.8, 4) is 0 Å². The Bertz CT molecular complexity index is 413. The normalized spacial score (nSPS) is 11.9. The van der Waals surface area contributed by atoms with Gasteiger partial charge in [-0.25, -0.2) is 4.79 Å². The van der Waals surface area contributed by atoms with Crippen LogP contribution in [0.2, 0.25) is 0 Å². The first kappa shape index (κ1) is 12.0. The van der Waals surface area contributed by atoms with Crippen LogP contribution in [0.4, 0.5) is 5.69 Å². The van der Waals surface area contributed by atoms with Crippen molar-refractivity contribution in [3.63, 3.8) is 0 Å². The van der Waals surface area contributed by atoms with Crippen LogP contribution in [0.15, 0.2) is 0 Å². The zero-order valence-electron chi connectivity index (χ0n) is 9.33. The van der Waals surface area contributed by atoms with Crippen LogP contribution in [0.25, 0.3) is 0 Å². The standard InChI is InChI=1S/C9H14N4O3/c1-4-6(10)7(13-12-4)8(14)11-5(2)9(15)16-3/h5H,10H2,1-3H3,(H,11,14)(H,12,13). The first-order valence-electron chi connectivity index (χ1n) is 4.66. The number of hydrogen-bond acceptors (Lipinski definition) is 5. The maximum absolute atomic E-state index is 11.6. The van der Waals surface area contributed by atoms with E-state index < -0.39 is 17.9 Å². The first-order chi connectivity index (χ1) is 7.47. The predicted molar refractivity (Wildman–Crippen MR) is 56.7 cm³/mol. The van der Waals surface area contributed by atoms with Crippen LogP contribution >= 0.6 is 0 Å². The molecule has 88 valence electrons. The molecular formula is C9H14N4O3. The van der Waals surface area contributed by atoms with Gasteiger partial charge in [0.2, 0.25) is 0 Å². The predicted octanol–water partition coefficient (Wildman–Crippen LogP) is -0.408. The summed E-state index contributed by atoms with van der Waals surface area (Å²) in [5.74, 6) is -1.04. The van der Waals surface area contributed by atoms with Gasteiger partial charge in [0.25, 0.3) is 5.91 Å². The number of H-pyrrole nitrogens is 1. The van der Waals surface area contributed by atoms with Gasteiger partial charge in [-0.1, -0.05) is 0 Å². The van der Waals surface area contributed by atoms with Crippen molar-refractivity contribution < 1.29 is 14.3 Å². The Morgan fingerprint density at radius 3 is 2.62 bits per heavy atom. The van der Waals surface area contributed by atoms with E-state index in [1.807, 2.05) is 0 Å². The summed E-state index contributed by atoms with van der Waals surface area (Å²) in [6.45, 7) is 3.21. The van der Waals surface area contributed by atoms with E-state index in [1.54, 1.807) is 6.92 Å². The fourth-order valence-electron chi connectivity index (χ4n) is 1.11. The molecule has 0 aliphatic carbocycles. The number of methoxy groups -OCH3 is 1. The van der Waals surface area contributed by atoms with Crippen LogP contribution in [0.1, 0.15) is 23.1 Å². The van der Waals surface area contributed by atoms with E-state index in [9.17, 15) is 9.59 Å². The molecule has 16 heavy (non-hydrogen) atoms. The number of aromatic amines is 1. The Kier molecular flexibility index (Phi) is 3.49. The fraction of sp³-hybridized carbons (Fsp3) is 0.444. The molecule has 4 N–H and O–H groups in total. The van der Waals surface area contributed by atoms with Gasteiger partial charge < -0.3 is 15.8 Å². The molecule has 0 bridgehead atoms. The zero-order chi connectivity index (χ0) is 12.3. The maximum Gasteiger partial charge on any atom is 0.328 e. The molecule has 1 rings (SSSR count). The molecule has 0 saturated heterocycles. The number of rotatable bonds is 3. The van der Waals surface area contributed by atoms with Gasteiger partial charge in [-0.05, 0) is 13.8 Å². The van der Waals surface area contributed by atoms with E-state index in [2.05, 4.69) is 20.3 Å². The van der Waals surface area contributed by atoms with Crippen LogP contribution in [-0.4, -0.2) is 35.2 Å². The third-order valence-electron chi connectivity index (χ3n) is 2.11. The monoisotopic (exact) mass is 226 g/mol. The number of nitrogens with two attached hydrogens (primary N) is 1. The van der Waals surface area contributed by atoms with Crippen molar-refractivity contribution in [1.82, 2.24) is 15.5 Å². The Balaban J connectivity index is 2.73. The zero-order valence-corrected chi connectivity index (χ0v) is 9.33. The number of nitrogens with one attached hydrogen (secondary N) is 2. The summed E-state index contributed by atoms with van der Waals surface area (Å²) in [5.41, 5.74) is 6.57. The van der Waals surface area contributed by atoms with E-state index >= 15 is 0 Å². The van der Waals surface area contributed by atoms with E-state index in [0.29, 0.717) is 5.69 Å². The average molecular weight is 226 g/mol. The molecule has 1 amide bonds. The van der Waals surface area contributed by atoms with E-state index in [4.69, 9.17) is 5.73 Å². The minimum Gasteiger partial charge on any atom is -0.467 e. The number of carbonyl (C=O) groups excluding carboxylic acids is 2. The molecule has 0 spiro atoms. The van der Waals surface area contributed by atoms with Crippen molar-refractivity contribution in [3.05, 3.63) is 11.4 Å². The summed E-state index contributed by atoms with van der Waals surface area (Å²) in [7, 11) is 1.25. The minimum absolute atomic E-state index is 0.0771. The number of aryl methyl sites for hydroxylation is 1. The van der Waals surface area contributed by atoms with Crippen molar-refractivity contribution in [2.24, 2.45) is 0 Å². The van der Waals surface area contributed by atoms with Gasteiger partial charge in [-0.2, -0.15) is 5.10 Å². The lowest BCUT2D eigenvalue weighted by atomic mass is 10.2. The second-order valence-corrected chi connectivity index (χ2v) is 3.33. The molecule has 0 aromatic carbocycles. The number of anilines is 1. The van der Waals surface area contributed by atoms with Gasteiger partial charge >= 0.3 is 5.97 Å². The van der Waals surface area contributed by atoms with Crippen LogP contribution in [0, 0.1) is 6.92 Å². The number of carbonyl (C=O) groups is 2. The largest absolute Gasteiger partial charge is 0.467 e. The van der Waals surface area contributed by atoms with Crippen molar-refractivity contribution in [2.45, 2.75) is 19.9 Å². The number of hydrogen-bond donors (Lipinski definition) is 3. The highest BCUT2D eigenvalue weighted by molar-refractivity contribution is 5.99. The highest BCUT2D eigenvalue weighted by Gasteiger charge is 2.20. The summed E-state index contributed by atoms with van der Waals surface area (Å²) in [5, 5.41) is 8.75. The van der Waals surface area contributed by atoms with E-state index in [0.717, 1.165) is 0 Å². The number of amides is 1. The average Bonchev–Trinajstić information content (AvgIpc) is 2.58. The van der Waals surface area contributed by atoms with Crippen molar-refractivity contribution in [1.29, 1.82) is 0 Å². The van der Waals surface area contributed by atoms with E-state index in [-0.39, 0.29) is 11.4 Å². The molecule has 1 unspecified atom stereocenters. The smallest absolute Gasteiger partial charge is 0.328 e. The molecule has 1 heterocycles. The molecule has 0 radical (unpaired) electrons. The maximum atomic E-state index is 11.6. The SMILES string of the molecule is COC(=O)C(C)NC(=O)c1n[nH]c(C)c1N. The van der Waals surface area contributed by atoms with Crippen LogP contribution in [-0.2, 0) is 9.53 Å². The fourth-order valence-corrected chi connectivity index (χ4v) is 1.11. The van der Waals surface area contributed by atoms with Crippen LogP contribution in [0.5, 0.6) is 0 Å². The molecule has 1 aromatic heterocycles. The Labute approximate surface area is 92.3 Å². The first-order valence-corrected chi connectivity index (χ1v) is 4.66. The molecule has 0 aliphatic heterocycles. The molecule has 0 saturated carbocycles. The third-order valence-corrected chi connectivity index (χ3v) is 2.11. The number of nitrogen functional groups attached to an aromatic ring is 1. The van der Waals surface area contributed by atoms with Gasteiger partial charge in [0.05, 0.1) is 18.5 Å². The second kappa shape index (κ2) is 4.65. The number of nitrogens with zero attached hydrogens (tertiary/aromatic N) is 1. The molecule has 7 heteroatoms. The third kappa shape index (κ3) is 2.30. The Hall–Kier alpha value is -2.05. The number of aromatic nitrogens is 2. The van der Waals surface area contributed by atoms with Gasteiger partial charge in [-0.3, -0.25) is 9.89 Å². The lowest BCUT2D eigenvalue weighted by molar-refractivity contribution is -0.142. The summed E-state index contributed by atoms with van der Waals surface area (Å²) < 4.78 is 4.47. The number of esters is 1. The van der Waals surface area contributed by atoms with Gasteiger partial charge in [0.1, 0.15) is 6.04 Å². The van der Waals surface area contributed by atoms with Crippen LogP contribution in [0.3, 0.4) is 0 Å². The van der Waals surface area contributed by atoms with Crippen LogP contribution < -0.4 is 11.1 Å². The highest BCUT2D eigenvalue weighted by Crippen LogP contribution is 2.12. The number of ether oxygens (including phenoxy) is 1. The summed E-state index contributed by atoms with van der Waals surface area (Å²) >= 11 is 0. The molecular weight excluding hydrogens is 212 g/mol. The summed E-state index contributed by atoms with van der Waals surface area (Å²) in [6, 6.07) is -0.742. The highest BCUT2D eigenvalue weighted by atomic mass is 16.5. The lowest BCUT2D eigenvalue weighted by Crippen LogP contribution is -2.39. The summed E-state index contributed by atoms with van der Waals surface area (Å²) in [4.78, 5) is 22.7. The summed E-state index contributed by atoms with van der Waals surface area (Å²) in [6.07, 6.45) is 0. The van der Waals surface area contributed by atoms with Crippen molar-refractivity contribution >= 4 is 17.6 Å².